The van der Waals surface area contributed by atoms with Crippen LogP contribution >= 0.6 is 0 Å². The van der Waals surface area contributed by atoms with E-state index in [1.54, 1.807) is 39.6 Å². The van der Waals surface area contributed by atoms with Crippen LogP contribution < -0.4 is 9.64 Å². The van der Waals surface area contributed by atoms with Crippen LogP contribution in [0.3, 0.4) is 0 Å². The summed E-state index contributed by atoms with van der Waals surface area (Å²) in [5, 5.41) is 25.6. The number of ether oxygens (including phenoxy) is 1. The molecule has 11 nitrogen and oxygen atoms in total. The van der Waals surface area contributed by atoms with Gasteiger partial charge in [0.25, 0.3) is 11.8 Å². The zero-order valence-corrected chi connectivity index (χ0v) is 21.4. The van der Waals surface area contributed by atoms with Crippen LogP contribution in [0, 0.1) is 11.8 Å². The number of carboxylic acid groups (broad SMARTS) is 1. The zero-order valence-electron chi connectivity index (χ0n) is 21.4. The molecule has 3 aromatic rings. The van der Waals surface area contributed by atoms with Crippen molar-refractivity contribution in [3.63, 3.8) is 0 Å². The maximum absolute atomic E-state index is 14.5. The Bertz CT molecular complexity index is 1240. The molecule has 1 N–H and O–H groups in total. The lowest BCUT2D eigenvalue weighted by atomic mass is 9.91. The maximum Gasteiger partial charge on any atom is 0.303 e. The third kappa shape index (κ3) is 6.38. The van der Waals surface area contributed by atoms with E-state index in [4.69, 9.17) is 14.8 Å². The van der Waals surface area contributed by atoms with Crippen LogP contribution in [-0.4, -0.2) is 65.1 Å². The van der Waals surface area contributed by atoms with Crippen LogP contribution in [0.2, 0.25) is 0 Å². The van der Waals surface area contributed by atoms with Crippen molar-refractivity contribution in [2.24, 2.45) is 18.9 Å². The topological polar surface area (TPSA) is 124 Å². The summed E-state index contributed by atoms with van der Waals surface area (Å²) < 4.78 is 38.1. The molecule has 37 heavy (non-hydrogen) atoms. The number of carboxylic acids is 1. The molecular formula is C24H32F2N8O3. The van der Waals surface area contributed by atoms with Crippen molar-refractivity contribution < 1.29 is 23.4 Å². The molecular weight excluding hydrogens is 486 g/mol. The minimum absolute atomic E-state index is 0.138. The number of carbonyl (C=O) groups is 1. The number of aryl methyl sites for hydroxylation is 2. The van der Waals surface area contributed by atoms with Gasteiger partial charge in [0.05, 0.1) is 36.2 Å². The molecule has 0 bridgehead atoms. The fourth-order valence-electron chi connectivity index (χ4n) is 4.64. The van der Waals surface area contributed by atoms with E-state index in [0.29, 0.717) is 46.7 Å². The summed E-state index contributed by atoms with van der Waals surface area (Å²) in [7, 11) is 1.75. The largest absolute Gasteiger partial charge is 0.481 e. The predicted octanol–water partition coefficient (Wildman–Crippen LogP) is 3.20. The van der Waals surface area contributed by atoms with Crippen molar-refractivity contribution in [3.05, 3.63) is 29.7 Å². The van der Waals surface area contributed by atoms with Crippen LogP contribution in [0.25, 0.3) is 11.4 Å². The molecule has 13 heteroatoms. The number of anilines is 1. The van der Waals surface area contributed by atoms with Gasteiger partial charge in [-0.05, 0) is 30.4 Å². The van der Waals surface area contributed by atoms with Gasteiger partial charge in [0.1, 0.15) is 18.0 Å². The Morgan fingerprint density at radius 1 is 1.27 bits per heavy atom. The van der Waals surface area contributed by atoms with Gasteiger partial charge >= 0.3 is 5.97 Å². The Labute approximate surface area is 213 Å². The normalized spacial score (nSPS) is 17.4. The molecule has 1 fully saturated rings. The van der Waals surface area contributed by atoms with Gasteiger partial charge in [0.2, 0.25) is 0 Å². The van der Waals surface area contributed by atoms with Crippen molar-refractivity contribution in [1.82, 2.24) is 35.0 Å². The molecule has 200 valence electrons. The Balaban J connectivity index is 1.55. The van der Waals surface area contributed by atoms with E-state index in [1.807, 2.05) is 6.92 Å². The lowest BCUT2D eigenvalue weighted by molar-refractivity contribution is -0.139. The van der Waals surface area contributed by atoms with E-state index >= 15 is 0 Å². The number of aliphatic carboxylic acids is 1. The first-order valence-electron chi connectivity index (χ1n) is 12.3. The number of aromatic nitrogens is 7. The lowest BCUT2D eigenvalue weighted by Gasteiger charge is -2.39. The zero-order chi connectivity index (χ0) is 26.7. The molecule has 1 aliphatic heterocycles. The number of nitrogens with zero attached hydrogens (tertiary/aromatic N) is 8. The SMILES string of the molecule is CCc1nc(-c2nnn(C)c2COc2cn(CC(C)C)nn2)ccc1N1C[C@@H](CC(=O)O)CC(F)(F)C1. The second kappa shape index (κ2) is 10.8. The van der Waals surface area contributed by atoms with Crippen molar-refractivity contribution in [3.8, 4) is 17.3 Å². The number of alkyl halides is 2. The number of piperidine rings is 1. The summed E-state index contributed by atoms with van der Waals surface area (Å²) in [5.41, 5.74) is 2.93. The van der Waals surface area contributed by atoms with Crippen molar-refractivity contribution in [2.45, 2.75) is 59.1 Å². The molecule has 3 aromatic heterocycles. The highest BCUT2D eigenvalue weighted by molar-refractivity contribution is 5.67. The first kappa shape index (κ1) is 26.4. The number of hydrogen-bond acceptors (Lipinski definition) is 8. The average molecular weight is 519 g/mol. The van der Waals surface area contributed by atoms with Gasteiger partial charge in [-0.1, -0.05) is 36.3 Å². The first-order valence-corrected chi connectivity index (χ1v) is 12.3. The van der Waals surface area contributed by atoms with E-state index in [-0.39, 0.29) is 19.6 Å². The summed E-state index contributed by atoms with van der Waals surface area (Å²) in [6, 6.07) is 3.47. The highest BCUT2D eigenvalue weighted by Crippen LogP contribution is 2.36. The molecule has 0 unspecified atom stereocenters. The first-order chi connectivity index (χ1) is 17.5. The van der Waals surface area contributed by atoms with Crippen LogP contribution in [-0.2, 0) is 31.4 Å². The summed E-state index contributed by atoms with van der Waals surface area (Å²) in [4.78, 5) is 17.4. The third-order valence-corrected chi connectivity index (χ3v) is 6.19. The van der Waals surface area contributed by atoms with Gasteiger partial charge in [-0.15, -0.1) is 5.10 Å². The number of pyridine rings is 1. The molecule has 0 aliphatic carbocycles. The fourth-order valence-corrected chi connectivity index (χ4v) is 4.64. The quantitative estimate of drug-likeness (QED) is 0.431. The van der Waals surface area contributed by atoms with Gasteiger partial charge in [-0.2, -0.15) is 0 Å². The molecule has 4 heterocycles. The summed E-state index contributed by atoms with van der Waals surface area (Å²) >= 11 is 0. The second-order valence-corrected chi connectivity index (χ2v) is 9.89. The number of rotatable bonds is 10. The highest BCUT2D eigenvalue weighted by Gasteiger charge is 2.41. The molecule has 1 saturated heterocycles. The van der Waals surface area contributed by atoms with E-state index in [1.165, 1.54) is 0 Å². The van der Waals surface area contributed by atoms with E-state index in [0.717, 1.165) is 6.54 Å². The monoisotopic (exact) mass is 518 g/mol. The van der Waals surface area contributed by atoms with E-state index < -0.39 is 30.8 Å². The smallest absolute Gasteiger partial charge is 0.303 e. The standard InChI is InChI=1S/C24H32F2N8O3/c1-5-17-19(33-11-16(8-22(35)36)9-24(25,26)14-33)7-6-18(27-17)23-20(32(4)30-29-23)13-37-21-12-34(31-28-21)10-15(2)3/h6-7,12,15-16H,5,8-11,13-14H2,1-4H3,(H,35,36)/t16-/m0/s1. The molecule has 4 rings (SSSR count). The lowest BCUT2D eigenvalue weighted by Crippen LogP contribution is -2.48. The van der Waals surface area contributed by atoms with E-state index in [9.17, 15) is 13.6 Å². The van der Waals surface area contributed by atoms with Crippen LogP contribution in [0.5, 0.6) is 5.88 Å². The molecule has 0 spiro atoms. The van der Waals surface area contributed by atoms with Crippen LogP contribution in [0.4, 0.5) is 14.5 Å². The van der Waals surface area contributed by atoms with Gasteiger partial charge in [0.15, 0.2) is 0 Å². The molecule has 0 saturated carbocycles. The minimum Gasteiger partial charge on any atom is -0.481 e. The van der Waals surface area contributed by atoms with Crippen molar-refractivity contribution in [2.75, 3.05) is 18.0 Å². The molecule has 0 amide bonds. The van der Waals surface area contributed by atoms with Gasteiger partial charge in [-0.25, -0.2) is 23.1 Å². The van der Waals surface area contributed by atoms with Crippen molar-refractivity contribution >= 4 is 11.7 Å². The fraction of sp³-hybridized carbons (Fsp3) is 0.583. The summed E-state index contributed by atoms with van der Waals surface area (Å²) in [6.07, 6.45) is 1.50. The Kier molecular flexibility index (Phi) is 7.69. The Morgan fingerprint density at radius 2 is 2.05 bits per heavy atom. The summed E-state index contributed by atoms with van der Waals surface area (Å²) in [5.74, 6) is -3.90. The Morgan fingerprint density at radius 3 is 2.76 bits per heavy atom. The van der Waals surface area contributed by atoms with Crippen LogP contribution in [0.15, 0.2) is 18.3 Å². The summed E-state index contributed by atoms with van der Waals surface area (Å²) in [6.45, 7) is 6.70. The second-order valence-electron chi connectivity index (χ2n) is 9.89. The minimum atomic E-state index is -2.98. The van der Waals surface area contributed by atoms with Crippen molar-refractivity contribution in [1.29, 1.82) is 0 Å². The maximum atomic E-state index is 14.5. The molecule has 0 aromatic carbocycles. The van der Waals surface area contributed by atoms with E-state index in [2.05, 4.69) is 34.5 Å². The molecule has 0 radical (unpaired) electrons. The molecule has 1 atom stereocenters. The van der Waals surface area contributed by atoms with Gasteiger partial charge in [-0.3, -0.25) is 4.79 Å². The average Bonchev–Trinajstić information content (AvgIpc) is 3.41. The van der Waals surface area contributed by atoms with Gasteiger partial charge in [0, 0.05) is 26.6 Å². The number of halogens is 2. The molecule has 1 aliphatic rings. The Hall–Kier alpha value is -3.64. The highest BCUT2D eigenvalue weighted by atomic mass is 19.3. The third-order valence-electron chi connectivity index (χ3n) is 6.19. The van der Waals surface area contributed by atoms with Gasteiger partial charge < -0.3 is 14.7 Å². The number of hydrogen-bond donors (Lipinski definition) is 1. The van der Waals surface area contributed by atoms with Crippen LogP contribution in [0.1, 0.15) is 45.0 Å². The predicted molar refractivity (Wildman–Crippen MR) is 130 cm³/mol.